The average molecular weight is 383 g/mol. The summed E-state index contributed by atoms with van der Waals surface area (Å²) < 4.78 is 6.05. The third-order valence-electron chi connectivity index (χ3n) is 8.87. The molecule has 3 saturated carbocycles. The van der Waals surface area contributed by atoms with Gasteiger partial charge in [-0.1, -0.05) is 25.5 Å². The summed E-state index contributed by atoms with van der Waals surface area (Å²) >= 11 is 0. The summed E-state index contributed by atoms with van der Waals surface area (Å²) in [6.45, 7) is 7.77. The molecule has 0 amide bonds. The molecule has 0 aromatic rings. The number of aliphatic imine (C=N–C) groups is 1. The van der Waals surface area contributed by atoms with E-state index in [0.717, 1.165) is 24.8 Å². The van der Waals surface area contributed by atoms with Crippen molar-refractivity contribution in [1.82, 2.24) is 0 Å². The smallest absolute Gasteiger partial charge is 0.181 e. The maximum Gasteiger partial charge on any atom is 0.181 e. The first-order valence-corrected chi connectivity index (χ1v) is 10.5. The van der Waals surface area contributed by atoms with Gasteiger partial charge in [0.1, 0.15) is 6.10 Å². The first-order valence-electron chi connectivity index (χ1n) is 10.5. The minimum absolute atomic E-state index is 0.0465. The van der Waals surface area contributed by atoms with Crippen LogP contribution in [0.3, 0.4) is 0 Å². The molecule has 0 spiro atoms. The van der Waals surface area contributed by atoms with Gasteiger partial charge in [-0.3, -0.25) is 9.59 Å². The van der Waals surface area contributed by atoms with Crippen molar-refractivity contribution in [2.24, 2.45) is 33.6 Å². The third kappa shape index (κ3) is 1.94. The number of rotatable bonds is 1. The molecule has 8 unspecified atom stereocenters. The fraction of sp³-hybridized carbons (Fsp3) is 0.696. The Labute approximate surface area is 165 Å². The molecule has 5 heteroatoms. The Kier molecular flexibility index (Phi) is 3.55. The van der Waals surface area contributed by atoms with Crippen LogP contribution >= 0.6 is 0 Å². The lowest BCUT2D eigenvalue weighted by molar-refractivity contribution is -0.142. The summed E-state index contributed by atoms with van der Waals surface area (Å²) in [5.41, 5.74) is -0.427. The van der Waals surface area contributed by atoms with E-state index in [4.69, 9.17) is 9.73 Å². The number of carbonyl (C=O) groups is 2. The molecule has 3 fully saturated rings. The van der Waals surface area contributed by atoms with Crippen molar-refractivity contribution in [2.75, 3.05) is 0 Å². The molecule has 150 valence electrons. The number of allylic oxidation sites excluding steroid dienone is 4. The van der Waals surface area contributed by atoms with Crippen LogP contribution in [0.15, 0.2) is 28.8 Å². The summed E-state index contributed by atoms with van der Waals surface area (Å²) in [5, 5.41) is 11.4. The van der Waals surface area contributed by atoms with Crippen LogP contribution < -0.4 is 0 Å². The van der Waals surface area contributed by atoms with Crippen molar-refractivity contribution in [1.29, 1.82) is 0 Å². The van der Waals surface area contributed by atoms with E-state index in [9.17, 15) is 14.7 Å². The number of nitrogens with zero attached hydrogens (tertiary/aromatic N) is 1. The van der Waals surface area contributed by atoms with E-state index in [-0.39, 0.29) is 40.8 Å². The number of aliphatic hydroxyl groups excluding tert-OH is 1. The van der Waals surface area contributed by atoms with E-state index in [1.54, 1.807) is 19.1 Å². The predicted octanol–water partition coefficient (Wildman–Crippen LogP) is 3.02. The number of ether oxygens (including phenoxy) is 1. The molecule has 0 aromatic carbocycles. The summed E-state index contributed by atoms with van der Waals surface area (Å²) in [6.07, 6.45) is 7.84. The topological polar surface area (TPSA) is 76.0 Å². The Hall–Kier alpha value is -1.75. The van der Waals surface area contributed by atoms with E-state index >= 15 is 0 Å². The van der Waals surface area contributed by atoms with Crippen molar-refractivity contribution in [3.8, 4) is 0 Å². The number of carbonyl (C=O) groups excluding carboxylic acids is 2. The van der Waals surface area contributed by atoms with Crippen molar-refractivity contribution < 1.29 is 19.4 Å². The quantitative estimate of drug-likeness (QED) is 0.755. The highest BCUT2D eigenvalue weighted by Crippen LogP contribution is 2.69. The molecule has 0 radical (unpaired) electrons. The van der Waals surface area contributed by atoms with Crippen LogP contribution in [0.25, 0.3) is 0 Å². The summed E-state index contributed by atoms with van der Waals surface area (Å²) in [5.74, 6) is 1.31. The zero-order chi connectivity index (χ0) is 20.1. The van der Waals surface area contributed by atoms with Gasteiger partial charge in [-0.25, -0.2) is 4.99 Å². The Balaban J connectivity index is 1.61. The van der Waals surface area contributed by atoms with E-state index in [1.165, 1.54) is 0 Å². The molecule has 8 atom stereocenters. The number of aliphatic hydroxyl groups is 1. The maximum absolute atomic E-state index is 12.9. The number of fused-ring (bicyclic) bond motifs is 7. The Morgan fingerprint density at radius 3 is 2.82 bits per heavy atom. The molecular formula is C23H29NO4. The normalized spacial score (nSPS) is 51.3. The monoisotopic (exact) mass is 383 g/mol. The summed E-state index contributed by atoms with van der Waals surface area (Å²) in [6, 6.07) is 0. The van der Waals surface area contributed by atoms with Crippen molar-refractivity contribution in [3.63, 3.8) is 0 Å². The Bertz CT molecular complexity index is 872. The van der Waals surface area contributed by atoms with Crippen molar-refractivity contribution in [2.45, 2.75) is 71.1 Å². The van der Waals surface area contributed by atoms with Gasteiger partial charge in [-0.15, -0.1) is 0 Å². The molecule has 5 nitrogen and oxygen atoms in total. The number of hydrogen-bond donors (Lipinski definition) is 1. The second kappa shape index (κ2) is 5.44. The van der Waals surface area contributed by atoms with Crippen LogP contribution in [0.5, 0.6) is 0 Å². The molecule has 0 bridgehead atoms. The SMILES string of the molecule is CC(=O)C12N=C(C)OC1CC1C3CCC4=CC(=O)C=CC4(C)C3C(O)CC12C. The van der Waals surface area contributed by atoms with Crippen LogP contribution in [0.2, 0.25) is 0 Å². The van der Waals surface area contributed by atoms with Gasteiger partial charge >= 0.3 is 0 Å². The highest BCUT2D eigenvalue weighted by molar-refractivity contribution is 6.01. The fourth-order valence-electron chi connectivity index (χ4n) is 7.84. The summed E-state index contributed by atoms with van der Waals surface area (Å²) in [4.78, 5) is 29.6. The van der Waals surface area contributed by atoms with Gasteiger partial charge in [0.05, 0.1) is 6.10 Å². The van der Waals surface area contributed by atoms with Crippen LogP contribution in [-0.4, -0.2) is 40.3 Å². The zero-order valence-corrected chi connectivity index (χ0v) is 17.1. The number of ketones is 2. The van der Waals surface area contributed by atoms with Gasteiger partial charge in [0.2, 0.25) is 0 Å². The van der Waals surface area contributed by atoms with E-state index < -0.39 is 17.1 Å². The summed E-state index contributed by atoms with van der Waals surface area (Å²) in [7, 11) is 0. The van der Waals surface area contributed by atoms with Crippen LogP contribution in [0.4, 0.5) is 0 Å². The maximum atomic E-state index is 12.9. The standard InChI is InChI=1S/C23H29NO4/c1-12(25)23-19(28-13(2)24-23)10-17-16-6-5-14-9-15(26)7-8-21(14,3)20(16)18(27)11-22(17,23)4/h7-9,16-20,27H,5-6,10-11H2,1-4H3. The lowest BCUT2D eigenvalue weighted by Gasteiger charge is -2.59. The first-order chi connectivity index (χ1) is 13.1. The molecule has 1 aliphatic heterocycles. The molecule has 28 heavy (non-hydrogen) atoms. The number of hydrogen-bond acceptors (Lipinski definition) is 5. The van der Waals surface area contributed by atoms with Crippen molar-refractivity contribution >= 4 is 17.5 Å². The lowest BCUT2D eigenvalue weighted by atomic mass is 9.46. The van der Waals surface area contributed by atoms with Gasteiger partial charge < -0.3 is 9.84 Å². The fourth-order valence-corrected chi connectivity index (χ4v) is 7.84. The second-order valence-electron chi connectivity index (χ2n) is 10.0. The van der Waals surface area contributed by atoms with Gasteiger partial charge in [-0.2, -0.15) is 0 Å². The van der Waals surface area contributed by atoms with Gasteiger partial charge in [0, 0.05) is 23.7 Å². The highest BCUT2D eigenvalue weighted by Gasteiger charge is 2.73. The first kappa shape index (κ1) is 18.3. The predicted molar refractivity (Wildman–Crippen MR) is 105 cm³/mol. The number of Topliss-reactive ketones (excluding diaryl/α,β-unsaturated/α-hetero) is 1. The average Bonchev–Trinajstić information content (AvgIpc) is 3.06. The second-order valence-corrected chi connectivity index (χ2v) is 10.0. The molecule has 4 aliphatic carbocycles. The van der Waals surface area contributed by atoms with Gasteiger partial charge in [0.25, 0.3) is 0 Å². The molecule has 5 aliphatic rings. The highest BCUT2D eigenvalue weighted by atomic mass is 16.5. The largest absolute Gasteiger partial charge is 0.475 e. The molecular weight excluding hydrogens is 354 g/mol. The minimum Gasteiger partial charge on any atom is -0.475 e. The molecule has 1 heterocycles. The molecule has 1 N–H and O–H groups in total. The third-order valence-corrected chi connectivity index (χ3v) is 8.87. The van der Waals surface area contributed by atoms with Gasteiger partial charge in [-0.05, 0) is 56.6 Å². The lowest BCUT2D eigenvalue weighted by Crippen LogP contribution is -2.61. The minimum atomic E-state index is -0.872. The molecule has 0 saturated heterocycles. The van der Waals surface area contributed by atoms with Crippen molar-refractivity contribution in [3.05, 3.63) is 23.8 Å². The Morgan fingerprint density at radius 2 is 2.11 bits per heavy atom. The van der Waals surface area contributed by atoms with Gasteiger partial charge in [0.15, 0.2) is 23.0 Å². The Morgan fingerprint density at radius 1 is 1.36 bits per heavy atom. The van der Waals surface area contributed by atoms with E-state index in [0.29, 0.717) is 12.3 Å². The zero-order valence-electron chi connectivity index (χ0n) is 17.1. The van der Waals surface area contributed by atoms with E-state index in [1.807, 2.05) is 13.0 Å². The van der Waals surface area contributed by atoms with Crippen LogP contribution in [-0.2, 0) is 14.3 Å². The van der Waals surface area contributed by atoms with Crippen LogP contribution in [0, 0.1) is 28.6 Å². The van der Waals surface area contributed by atoms with Crippen LogP contribution in [0.1, 0.15) is 53.4 Å². The van der Waals surface area contributed by atoms with E-state index in [2.05, 4.69) is 13.8 Å². The molecule has 5 rings (SSSR count). The molecule has 0 aromatic heterocycles.